The number of piperidine rings is 1. The molecule has 0 N–H and O–H groups in total. The highest BCUT2D eigenvalue weighted by Gasteiger charge is 2.37. The minimum absolute atomic E-state index is 0.0152. The number of rotatable bonds is 5. The van der Waals surface area contributed by atoms with Crippen molar-refractivity contribution in [2.24, 2.45) is 11.8 Å². The van der Waals surface area contributed by atoms with E-state index in [4.69, 9.17) is 9.47 Å². The molecule has 0 saturated carbocycles. The number of hydrogen-bond donors (Lipinski definition) is 0. The first-order valence-corrected chi connectivity index (χ1v) is 15.6. The molecule has 1 amide bonds. The predicted molar refractivity (Wildman–Crippen MR) is 162 cm³/mol. The van der Waals surface area contributed by atoms with Crippen LogP contribution in [0.3, 0.4) is 0 Å². The maximum Gasteiger partial charge on any atom is 0.329 e. The van der Waals surface area contributed by atoms with Crippen LogP contribution in [0.5, 0.6) is 0 Å². The summed E-state index contributed by atoms with van der Waals surface area (Å²) in [7, 11) is 0. The number of amides is 1. The van der Waals surface area contributed by atoms with Crippen molar-refractivity contribution in [3.63, 3.8) is 0 Å². The summed E-state index contributed by atoms with van der Waals surface area (Å²) in [6.07, 6.45) is 11.6. The number of nitrogens with zero attached hydrogens (tertiary/aromatic N) is 2. The van der Waals surface area contributed by atoms with Crippen LogP contribution in [-0.4, -0.2) is 64.6 Å². The molecule has 3 heterocycles. The number of aromatic nitrogens is 1. The molecule has 43 heavy (non-hydrogen) atoms. The van der Waals surface area contributed by atoms with Crippen molar-refractivity contribution in [1.82, 2.24) is 9.88 Å². The van der Waals surface area contributed by atoms with E-state index < -0.39 is 35.8 Å². The number of Topliss-reactive ketones (excluding diaryl/α,β-unsaturated/α-hetero) is 2. The van der Waals surface area contributed by atoms with Gasteiger partial charge in [-0.05, 0) is 75.8 Å². The van der Waals surface area contributed by atoms with Crippen molar-refractivity contribution in [1.29, 1.82) is 0 Å². The average Bonchev–Trinajstić information content (AvgIpc) is 3.01. The normalized spacial score (nSPS) is 26.0. The molecular formula is C34H46N2O7. The number of esters is 2. The van der Waals surface area contributed by atoms with Crippen LogP contribution in [0.1, 0.15) is 90.0 Å². The van der Waals surface area contributed by atoms with Crippen molar-refractivity contribution in [3.05, 3.63) is 54.4 Å². The summed E-state index contributed by atoms with van der Waals surface area (Å²) in [5.74, 6) is -2.67. The monoisotopic (exact) mass is 594 g/mol. The molecule has 1 unspecified atom stereocenters. The van der Waals surface area contributed by atoms with Crippen LogP contribution in [0.15, 0.2) is 48.8 Å². The third kappa shape index (κ3) is 10.9. The van der Waals surface area contributed by atoms with Crippen molar-refractivity contribution in [2.45, 2.75) is 103 Å². The second-order valence-electron chi connectivity index (χ2n) is 11.8. The zero-order valence-corrected chi connectivity index (χ0v) is 25.6. The molecule has 4 atom stereocenters. The Morgan fingerprint density at radius 2 is 1.86 bits per heavy atom. The molecule has 2 aliphatic heterocycles. The molecule has 9 nitrogen and oxygen atoms in total. The molecule has 3 rings (SSSR count). The van der Waals surface area contributed by atoms with Gasteiger partial charge in [-0.15, -0.1) is 6.58 Å². The number of carbonyl (C=O) groups is 5. The number of carbonyl (C=O) groups excluding carboxylic acids is 5. The topological polar surface area (TPSA) is 120 Å². The second kappa shape index (κ2) is 17.5. The average molecular weight is 595 g/mol. The lowest BCUT2D eigenvalue weighted by Crippen LogP contribution is -2.51. The number of aryl methyl sites for hydroxylation is 1. The van der Waals surface area contributed by atoms with Gasteiger partial charge in [-0.2, -0.15) is 0 Å². The quantitative estimate of drug-likeness (QED) is 0.262. The Balaban J connectivity index is 1.84. The summed E-state index contributed by atoms with van der Waals surface area (Å²) in [6.45, 7) is 8.17. The first-order valence-electron chi connectivity index (χ1n) is 15.6. The van der Waals surface area contributed by atoms with Gasteiger partial charge in [0.1, 0.15) is 17.9 Å². The molecule has 234 valence electrons. The summed E-state index contributed by atoms with van der Waals surface area (Å²) < 4.78 is 11.4. The molecule has 1 aromatic heterocycles. The van der Waals surface area contributed by atoms with E-state index in [9.17, 15) is 24.0 Å². The number of ether oxygens (including phenoxy) is 2. The molecule has 1 aromatic rings. The molecule has 2 aliphatic rings. The van der Waals surface area contributed by atoms with Gasteiger partial charge in [0.25, 0.3) is 5.91 Å². The van der Waals surface area contributed by atoms with Crippen LogP contribution in [0.2, 0.25) is 0 Å². The van der Waals surface area contributed by atoms with E-state index >= 15 is 0 Å². The van der Waals surface area contributed by atoms with Gasteiger partial charge in [0.2, 0.25) is 5.78 Å². The maximum atomic E-state index is 13.6. The Bertz CT molecular complexity index is 1160. The first kappa shape index (κ1) is 33.9. The van der Waals surface area contributed by atoms with Gasteiger partial charge >= 0.3 is 11.9 Å². The summed E-state index contributed by atoms with van der Waals surface area (Å²) in [5, 5.41) is 0. The van der Waals surface area contributed by atoms with Gasteiger partial charge in [0, 0.05) is 50.5 Å². The van der Waals surface area contributed by atoms with Crippen LogP contribution in [-0.2, 0) is 39.9 Å². The van der Waals surface area contributed by atoms with Gasteiger partial charge in [-0.3, -0.25) is 24.2 Å². The van der Waals surface area contributed by atoms with Gasteiger partial charge in [0.15, 0.2) is 0 Å². The van der Waals surface area contributed by atoms with E-state index in [1.807, 2.05) is 32.1 Å². The van der Waals surface area contributed by atoms with Gasteiger partial charge in [0.05, 0.1) is 6.61 Å². The molecule has 9 heteroatoms. The second-order valence-corrected chi connectivity index (χ2v) is 11.8. The van der Waals surface area contributed by atoms with Crippen LogP contribution in [0.25, 0.3) is 0 Å². The van der Waals surface area contributed by atoms with Crippen molar-refractivity contribution >= 4 is 29.4 Å². The highest BCUT2D eigenvalue weighted by Crippen LogP contribution is 2.26. The lowest BCUT2D eigenvalue weighted by molar-refractivity contribution is -0.165. The summed E-state index contributed by atoms with van der Waals surface area (Å²) in [5.41, 5.74) is 1.95. The predicted octanol–water partition coefficient (Wildman–Crippen LogP) is 5.12. The number of pyridine rings is 1. The largest absolute Gasteiger partial charge is 0.465 e. The van der Waals surface area contributed by atoms with Crippen LogP contribution in [0.4, 0.5) is 0 Å². The Morgan fingerprint density at radius 1 is 1.05 bits per heavy atom. The highest BCUT2D eigenvalue weighted by molar-refractivity contribution is 6.36. The highest BCUT2D eigenvalue weighted by atomic mass is 16.5. The Kier molecular flexibility index (Phi) is 13.8. The SMILES string of the molecule is C=CCC1C=C(C)CCOC(=O)CCCC(=O)C(=O)N2CCCC[C@H]2C(=O)O[C@H](CCc2cccnc2)[C@H](C)CCC1=O. The van der Waals surface area contributed by atoms with Crippen molar-refractivity contribution in [3.8, 4) is 0 Å². The lowest BCUT2D eigenvalue weighted by atomic mass is 9.88. The van der Waals surface area contributed by atoms with Crippen molar-refractivity contribution < 1.29 is 33.4 Å². The standard InChI is InChI=1S/C34H46N2O7/c1-4-9-27-22-24(2)18-21-42-32(39)13-7-12-30(38)33(40)36-20-6-5-11-28(36)34(41)43-31(25(3)14-16-29(27)37)17-15-26-10-8-19-35-23-26/h4,8,10,19,22-23,25,27-28,31H,1,5-7,9,11-18,20-21H2,2-3H3/t25-,27?,28+,31-/m1/s1. The third-order valence-electron chi connectivity index (χ3n) is 8.33. The molecule has 0 aromatic carbocycles. The Labute approximate surface area is 255 Å². The van der Waals surface area contributed by atoms with Gasteiger partial charge in [-0.1, -0.05) is 30.7 Å². The fourth-order valence-electron chi connectivity index (χ4n) is 5.66. The Hall–Kier alpha value is -3.62. The van der Waals surface area contributed by atoms with E-state index in [0.29, 0.717) is 57.9 Å². The van der Waals surface area contributed by atoms with Crippen molar-refractivity contribution in [2.75, 3.05) is 13.2 Å². The fourth-order valence-corrected chi connectivity index (χ4v) is 5.66. The molecule has 0 aliphatic carbocycles. The van der Waals surface area contributed by atoms with E-state index in [2.05, 4.69) is 11.6 Å². The maximum absolute atomic E-state index is 13.6. The van der Waals surface area contributed by atoms with Crippen LogP contribution < -0.4 is 0 Å². The fraction of sp³-hybridized carbons (Fsp3) is 0.588. The molecule has 1 saturated heterocycles. The van der Waals surface area contributed by atoms with Gasteiger partial charge in [-0.25, -0.2) is 4.79 Å². The number of cyclic esters (lactones) is 2. The van der Waals surface area contributed by atoms with E-state index in [0.717, 1.165) is 17.6 Å². The van der Waals surface area contributed by atoms with Gasteiger partial charge < -0.3 is 14.4 Å². The zero-order chi connectivity index (χ0) is 31.2. The van der Waals surface area contributed by atoms with E-state index in [1.54, 1.807) is 18.5 Å². The number of ketones is 2. The molecular weight excluding hydrogens is 548 g/mol. The zero-order valence-electron chi connectivity index (χ0n) is 25.6. The number of fused-ring (bicyclic) bond motifs is 1. The smallest absolute Gasteiger partial charge is 0.329 e. The van der Waals surface area contributed by atoms with Crippen LogP contribution in [0, 0.1) is 11.8 Å². The van der Waals surface area contributed by atoms with E-state index in [-0.39, 0.29) is 43.5 Å². The van der Waals surface area contributed by atoms with E-state index in [1.165, 1.54) is 4.90 Å². The Morgan fingerprint density at radius 3 is 2.60 bits per heavy atom. The number of hydrogen-bond acceptors (Lipinski definition) is 8. The number of allylic oxidation sites excluding steroid dienone is 2. The molecule has 1 fully saturated rings. The minimum Gasteiger partial charge on any atom is -0.465 e. The lowest BCUT2D eigenvalue weighted by Gasteiger charge is -2.35. The van der Waals surface area contributed by atoms with Crippen LogP contribution >= 0.6 is 0 Å². The summed E-state index contributed by atoms with van der Waals surface area (Å²) in [4.78, 5) is 70.5. The third-order valence-corrected chi connectivity index (χ3v) is 8.33. The summed E-state index contributed by atoms with van der Waals surface area (Å²) in [6, 6.07) is 2.99. The molecule has 0 radical (unpaired) electrons. The molecule has 0 bridgehead atoms. The minimum atomic E-state index is -0.843. The molecule has 0 spiro atoms. The first-order chi connectivity index (χ1) is 20.7. The summed E-state index contributed by atoms with van der Waals surface area (Å²) >= 11 is 0.